The summed E-state index contributed by atoms with van der Waals surface area (Å²) in [4.78, 5) is 35.7. The van der Waals surface area contributed by atoms with Crippen LogP contribution in [0.5, 0.6) is 0 Å². The fraction of sp³-hybridized carbons (Fsp3) is 0.323. The third kappa shape index (κ3) is 7.71. The van der Waals surface area contributed by atoms with Gasteiger partial charge >= 0.3 is 12.1 Å². The Morgan fingerprint density at radius 1 is 0.850 bits per heavy atom. The molecule has 3 aromatic rings. The number of hydrogen-bond donors (Lipinski definition) is 3. The molecule has 1 saturated carbocycles. The van der Waals surface area contributed by atoms with Crippen LogP contribution in [0.4, 0.5) is 18.9 Å². The minimum absolute atomic E-state index is 0.0368. The Morgan fingerprint density at radius 3 is 2.12 bits per heavy atom. The van der Waals surface area contributed by atoms with Gasteiger partial charge in [0.15, 0.2) is 0 Å². The Labute approximate surface area is 230 Å². The summed E-state index contributed by atoms with van der Waals surface area (Å²) in [6.07, 6.45) is -0.503. The van der Waals surface area contributed by atoms with Crippen molar-refractivity contribution in [2.45, 2.75) is 50.6 Å². The van der Waals surface area contributed by atoms with Gasteiger partial charge in [-0.25, -0.2) is 0 Å². The molecule has 0 radical (unpaired) electrons. The van der Waals surface area contributed by atoms with Gasteiger partial charge in [0.2, 0.25) is 5.91 Å². The molecule has 210 valence electrons. The molecule has 1 fully saturated rings. The van der Waals surface area contributed by atoms with E-state index in [-0.39, 0.29) is 42.3 Å². The summed E-state index contributed by atoms with van der Waals surface area (Å²) < 4.78 is 39.9. The highest BCUT2D eigenvalue weighted by atomic mass is 19.4. The minimum atomic E-state index is -4.49. The lowest BCUT2D eigenvalue weighted by Crippen LogP contribution is -2.27. The van der Waals surface area contributed by atoms with Gasteiger partial charge in [-0.05, 0) is 84.5 Å². The van der Waals surface area contributed by atoms with E-state index >= 15 is 0 Å². The zero-order chi connectivity index (χ0) is 28.7. The molecule has 2 amide bonds. The average Bonchev–Trinajstić information content (AvgIpc) is 2.93. The lowest BCUT2D eigenvalue weighted by Gasteiger charge is -2.28. The molecule has 0 spiro atoms. The van der Waals surface area contributed by atoms with Crippen molar-refractivity contribution in [1.82, 2.24) is 5.32 Å². The number of aliphatic carboxylic acids is 1. The van der Waals surface area contributed by atoms with E-state index < -0.39 is 23.6 Å². The van der Waals surface area contributed by atoms with Crippen LogP contribution in [-0.2, 0) is 15.8 Å². The molecule has 6 nitrogen and oxygen atoms in total. The minimum Gasteiger partial charge on any atom is -0.481 e. The molecule has 0 heterocycles. The summed E-state index contributed by atoms with van der Waals surface area (Å²) in [7, 11) is 0. The van der Waals surface area contributed by atoms with E-state index in [1.165, 1.54) is 48.0 Å². The Kier molecular flexibility index (Phi) is 9.24. The highest BCUT2D eigenvalue weighted by Crippen LogP contribution is 2.38. The van der Waals surface area contributed by atoms with Crippen molar-refractivity contribution in [1.29, 1.82) is 0 Å². The van der Waals surface area contributed by atoms with Crippen LogP contribution in [-0.4, -0.2) is 29.4 Å². The van der Waals surface area contributed by atoms with Crippen LogP contribution in [0.2, 0.25) is 0 Å². The molecule has 1 aliphatic carbocycles. The molecule has 4 rings (SSSR count). The molecular weight excluding hydrogens is 521 g/mol. The molecule has 0 bridgehead atoms. The van der Waals surface area contributed by atoms with E-state index in [1.54, 1.807) is 0 Å². The van der Waals surface area contributed by atoms with Gasteiger partial charge in [-0.2, -0.15) is 13.2 Å². The summed E-state index contributed by atoms with van der Waals surface area (Å²) in [6.45, 7) is 0.0982. The summed E-state index contributed by atoms with van der Waals surface area (Å²) in [5.74, 6) is -0.801. The molecule has 0 unspecified atom stereocenters. The van der Waals surface area contributed by atoms with Crippen LogP contribution in [0.1, 0.15) is 65.9 Å². The molecule has 0 saturated heterocycles. The van der Waals surface area contributed by atoms with Crippen molar-refractivity contribution in [3.8, 4) is 11.1 Å². The number of carbonyl (C=O) groups is 3. The fourth-order valence-electron chi connectivity index (χ4n) is 5.18. The molecule has 0 aromatic heterocycles. The van der Waals surface area contributed by atoms with Crippen molar-refractivity contribution >= 4 is 23.5 Å². The van der Waals surface area contributed by atoms with Gasteiger partial charge in [0.25, 0.3) is 5.91 Å². The number of anilines is 1. The molecular formula is C31H31F3N2O4. The molecule has 0 atom stereocenters. The van der Waals surface area contributed by atoms with Crippen molar-refractivity contribution in [2.75, 3.05) is 11.9 Å². The topological polar surface area (TPSA) is 95.5 Å². The Bertz CT molecular complexity index is 1330. The first-order valence-electron chi connectivity index (χ1n) is 13.3. The normalized spacial score (nSPS) is 17.2. The summed E-state index contributed by atoms with van der Waals surface area (Å²) in [5, 5.41) is 14.4. The SMILES string of the molecule is O=C(O)C[C@H]1CC[C@H](c2ccc(NC(=O)CCNC(=O)c3ccc(-c4ccccc4C(F)(F)F)cc3)cc2)CC1. The van der Waals surface area contributed by atoms with Gasteiger partial charge in [-0.15, -0.1) is 0 Å². The number of hydrogen-bond acceptors (Lipinski definition) is 3. The van der Waals surface area contributed by atoms with Crippen LogP contribution in [0.15, 0.2) is 72.8 Å². The highest BCUT2D eigenvalue weighted by Gasteiger charge is 2.33. The molecule has 9 heteroatoms. The van der Waals surface area contributed by atoms with Crippen LogP contribution in [0.3, 0.4) is 0 Å². The van der Waals surface area contributed by atoms with Crippen molar-refractivity contribution in [2.24, 2.45) is 5.92 Å². The first-order chi connectivity index (χ1) is 19.1. The van der Waals surface area contributed by atoms with Crippen LogP contribution in [0, 0.1) is 5.92 Å². The van der Waals surface area contributed by atoms with E-state index in [0.717, 1.165) is 31.7 Å². The van der Waals surface area contributed by atoms with E-state index in [4.69, 9.17) is 5.11 Å². The number of carboxylic acids is 1. The monoisotopic (exact) mass is 552 g/mol. The zero-order valence-electron chi connectivity index (χ0n) is 21.8. The second kappa shape index (κ2) is 12.8. The quantitative estimate of drug-likeness (QED) is 0.270. The van der Waals surface area contributed by atoms with Crippen molar-refractivity contribution in [3.63, 3.8) is 0 Å². The molecule has 1 aliphatic rings. The number of halogens is 3. The average molecular weight is 553 g/mol. The Hall–Kier alpha value is -4.14. The first kappa shape index (κ1) is 28.9. The molecule has 3 aromatic carbocycles. The maximum atomic E-state index is 13.3. The lowest BCUT2D eigenvalue weighted by molar-refractivity contribution is -0.138. The van der Waals surface area contributed by atoms with Gasteiger partial charge in [0.1, 0.15) is 0 Å². The maximum Gasteiger partial charge on any atom is 0.417 e. The zero-order valence-corrected chi connectivity index (χ0v) is 21.8. The molecule has 0 aliphatic heterocycles. The Morgan fingerprint density at radius 2 is 1.50 bits per heavy atom. The number of benzene rings is 3. The van der Waals surface area contributed by atoms with Crippen molar-refractivity contribution < 1.29 is 32.7 Å². The summed E-state index contributed by atoms with van der Waals surface area (Å²) in [5.41, 5.74) is 1.74. The summed E-state index contributed by atoms with van der Waals surface area (Å²) >= 11 is 0. The van der Waals surface area contributed by atoms with Gasteiger partial charge in [0, 0.05) is 30.6 Å². The third-order valence-corrected chi connectivity index (χ3v) is 7.30. The number of nitrogens with one attached hydrogen (secondary N) is 2. The number of amides is 2. The number of rotatable bonds is 9. The number of carbonyl (C=O) groups excluding carboxylic acids is 2. The van der Waals surface area contributed by atoms with E-state index in [2.05, 4.69) is 10.6 Å². The van der Waals surface area contributed by atoms with E-state index in [9.17, 15) is 27.6 Å². The van der Waals surface area contributed by atoms with Crippen molar-refractivity contribution in [3.05, 3.63) is 89.5 Å². The van der Waals surface area contributed by atoms with Gasteiger partial charge in [0.05, 0.1) is 5.56 Å². The fourth-order valence-corrected chi connectivity index (χ4v) is 5.18. The smallest absolute Gasteiger partial charge is 0.417 e. The first-order valence-corrected chi connectivity index (χ1v) is 13.3. The molecule has 40 heavy (non-hydrogen) atoms. The standard InChI is InChI=1S/C31H31F3N2O4/c32-31(33,34)27-4-2-1-3-26(27)23-9-11-24(12-10-23)30(40)35-18-17-28(37)36-25-15-13-22(14-16-25)21-7-5-20(6-8-21)19-29(38)39/h1-4,9-16,20-21H,5-8,17-19H2,(H,35,40)(H,36,37)(H,38,39)/t20-,21-. The van der Waals surface area contributed by atoms with Gasteiger partial charge in [-0.1, -0.05) is 42.5 Å². The van der Waals surface area contributed by atoms with E-state index in [1.807, 2.05) is 24.3 Å². The van der Waals surface area contributed by atoms with Gasteiger partial charge in [-0.3, -0.25) is 14.4 Å². The van der Waals surface area contributed by atoms with E-state index in [0.29, 0.717) is 17.2 Å². The third-order valence-electron chi connectivity index (χ3n) is 7.30. The largest absolute Gasteiger partial charge is 0.481 e. The van der Waals surface area contributed by atoms with Gasteiger partial charge < -0.3 is 15.7 Å². The highest BCUT2D eigenvalue weighted by molar-refractivity contribution is 5.95. The predicted molar refractivity (Wildman–Crippen MR) is 146 cm³/mol. The number of alkyl halides is 3. The molecule has 3 N–H and O–H groups in total. The number of carboxylic acid groups (broad SMARTS) is 1. The predicted octanol–water partition coefficient (Wildman–Crippen LogP) is 6.88. The van der Waals surface area contributed by atoms with Crippen LogP contribution < -0.4 is 10.6 Å². The van der Waals surface area contributed by atoms with Crippen LogP contribution >= 0.6 is 0 Å². The summed E-state index contributed by atoms with van der Waals surface area (Å²) in [6, 6.07) is 18.8. The van der Waals surface area contributed by atoms with Crippen LogP contribution in [0.25, 0.3) is 11.1 Å². The lowest BCUT2D eigenvalue weighted by atomic mass is 9.77. The maximum absolute atomic E-state index is 13.3. The Balaban J connectivity index is 1.22. The second-order valence-electron chi connectivity index (χ2n) is 10.1. The second-order valence-corrected chi connectivity index (χ2v) is 10.1.